The fourth-order valence-corrected chi connectivity index (χ4v) is 6.33. The molecular formula is C22H30O4. The lowest BCUT2D eigenvalue weighted by Crippen LogP contribution is -2.44. The van der Waals surface area contributed by atoms with E-state index in [2.05, 4.69) is 6.92 Å². The van der Waals surface area contributed by atoms with Crippen molar-refractivity contribution >= 4 is 5.97 Å². The quantitative estimate of drug-likeness (QED) is 0.808. The number of methoxy groups -OCH3 is 1. The van der Waals surface area contributed by atoms with Gasteiger partial charge in [-0.15, -0.1) is 0 Å². The van der Waals surface area contributed by atoms with Crippen LogP contribution in [0, 0.1) is 17.3 Å². The molecule has 0 radical (unpaired) electrons. The van der Waals surface area contributed by atoms with Gasteiger partial charge in [0.05, 0.1) is 13.2 Å². The normalized spacial score (nSPS) is 35.3. The van der Waals surface area contributed by atoms with Crippen LogP contribution < -0.4 is 0 Å². The average Bonchev–Trinajstić information content (AvgIpc) is 2.94. The highest BCUT2D eigenvalue weighted by molar-refractivity contribution is 5.69. The van der Waals surface area contributed by atoms with Crippen LogP contribution in [0.4, 0.5) is 0 Å². The van der Waals surface area contributed by atoms with E-state index in [0.29, 0.717) is 36.3 Å². The Kier molecular flexibility index (Phi) is 4.50. The molecule has 1 aromatic rings. The number of phenolic OH excluding ortho intramolecular Hbond substituents is 1. The summed E-state index contributed by atoms with van der Waals surface area (Å²) in [6.45, 7) is 2.29. The van der Waals surface area contributed by atoms with Crippen LogP contribution in [0.3, 0.4) is 0 Å². The van der Waals surface area contributed by atoms with Crippen molar-refractivity contribution in [1.29, 1.82) is 0 Å². The van der Waals surface area contributed by atoms with E-state index in [0.717, 1.165) is 44.1 Å². The summed E-state index contributed by atoms with van der Waals surface area (Å²) in [5.41, 5.74) is 3.82. The fraction of sp³-hybridized carbons (Fsp3) is 0.682. The van der Waals surface area contributed by atoms with Crippen LogP contribution in [0.2, 0.25) is 0 Å². The number of hydrogen-bond donors (Lipinski definition) is 2. The molecule has 0 bridgehead atoms. The molecule has 0 amide bonds. The second-order valence-electron chi connectivity index (χ2n) is 8.81. The van der Waals surface area contributed by atoms with Crippen LogP contribution in [-0.4, -0.2) is 29.4 Å². The zero-order chi connectivity index (χ0) is 18.5. The first-order valence-electron chi connectivity index (χ1n) is 10.0. The van der Waals surface area contributed by atoms with Crippen LogP contribution in [0.5, 0.6) is 5.75 Å². The molecule has 2 fully saturated rings. The molecule has 2 saturated carbocycles. The van der Waals surface area contributed by atoms with Crippen molar-refractivity contribution in [3.05, 3.63) is 28.8 Å². The van der Waals surface area contributed by atoms with Crippen LogP contribution >= 0.6 is 0 Å². The molecule has 0 saturated heterocycles. The van der Waals surface area contributed by atoms with Crippen LogP contribution in [0.25, 0.3) is 0 Å². The van der Waals surface area contributed by atoms with E-state index in [1.165, 1.54) is 18.2 Å². The third kappa shape index (κ3) is 2.74. The number of aliphatic hydroxyl groups is 1. The predicted octanol–water partition coefficient (Wildman–Crippen LogP) is 3.71. The lowest BCUT2D eigenvalue weighted by molar-refractivity contribution is -0.140. The number of ether oxygens (including phenoxy) is 1. The molecule has 2 N–H and O–H groups in total. The maximum atomic E-state index is 11.6. The summed E-state index contributed by atoms with van der Waals surface area (Å²) in [5.74, 6) is 1.80. The number of fused-ring (bicyclic) bond motifs is 5. The number of carbonyl (C=O) groups excluding carboxylic acids is 1. The van der Waals surface area contributed by atoms with Crippen molar-refractivity contribution < 1.29 is 19.7 Å². The number of phenols is 1. The van der Waals surface area contributed by atoms with Gasteiger partial charge in [0, 0.05) is 6.42 Å². The summed E-state index contributed by atoms with van der Waals surface area (Å²) in [7, 11) is 1.42. The Labute approximate surface area is 155 Å². The molecule has 26 heavy (non-hydrogen) atoms. The van der Waals surface area contributed by atoms with Gasteiger partial charge in [0.25, 0.3) is 0 Å². The first kappa shape index (κ1) is 17.8. The van der Waals surface area contributed by atoms with Crippen molar-refractivity contribution in [1.82, 2.24) is 0 Å². The topological polar surface area (TPSA) is 66.8 Å². The molecular weight excluding hydrogens is 328 g/mol. The van der Waals surface area contributed by atoms with E-state index in [1.807, 2.05) is 12.1 Å². The minimum Gasteiger partial charge on any atom is -0.508 e. The van der Waals surface area contributed by atoms with Crippen molar-refractivity contribution in [2.45, 2.75) is 70.3 Å². The van der Waals surface area contributed by atoms with Crippen molar-refractivity contribution in [3.63, 3.8) is 0 Å². The molecule has 0 aromatic heterocycles. The number of benzene rings is 1. The smallest absolute Gasteiger partial charge is 0.305 e. The Balaban J connectivity index is 1.68. The number of rotatable bonds is 3. The Morgan fingerprint density at radius 1 is 1.27 bits per heavy atom. The zero-order valence-corrected chi connectivity index (χ0v) is 15.8. The van der Waals surface area contributed by atoms with Crippen molar-refractivity contribution in [2.24, 2.45) is 17.3 Å². The first-order valence-corrected chi connectivity index (χ1v) is 10.0. The van der Waals surface area contributed by atoms with Gasteiger partial charge in [-0.1, -0.05) is 6.92 Å². The number of carbonyl (C=O) groups is 1. The SMILES string of the molecule is COC(=O)CCc1cc(O)cc2c1[C@H]1CC[C@]3(C)[C@H](O)CC[C@H]3[C@@H]1CC2. The second kappa shape index (κ2) is 6.56. The number of hydrogen-bond acceptors (Lipinski definition) is 4. The summed E-state index contributed by atoms with van der Waals surface area (Å²) in [5, 5.41) is 20.7. The van der Waals surface area contributed by atoms with Crippen LogP contribution in [0.1, 0.15) is 68.1 Å². The third-order valence-corrected chi connectivity index (χ3v) is 7.67. The monoisotopic (exact) mass is 358 g/mol. The molecule has 5 atom stereocenters. The summed E-state index contributed by atoms with van der Waals surface area (Å²) >= 11 is 0. The molecule has 0 spiro atoms. The maximum absolute atomic E-state index is 11.6. The molecule has 0 unspecified atom stereocenters. The van der Waals surface area contributed by atoms with E-state index in [1.54, 1.807) is 0 Å². The highest BCUT2D eigenvalue weighted by Crippen LogP contribution is 2.61. The second-order valence-corrected chi connectivity index (χ2v) is 8.81. The minimum absolute atomic E-state index is 0.0712. The third-order valence-electron chi connectivity index (χ3n) is 7.67. The molecule has 0 aliphatic heterocycles. The van der Waals surface area contributed by atoms with Crippen LogP contribution in [-0.2, 0) is 22.4 Å². The van der Waals surface area contributed by atoms with E-state index in [9.17, 15) is 15.0 Å². The maximum Gasteiger partial charge on any atom is 0.305 e. The standard InChI is InChI=1S/C22H30O4/c1-22-10-9-17-16(18(22)6-7-19(22)24)5-3-13-11-15(23)12-14(21(13)17)4-8-20(25)26-2/h11-12,16-19,23-24H,3-10H2,1-2H3/t16-,17+,18+,19-,22+/m1/s1. The zero-order valence-electron chi connectivity index (χ0n) is 15.8. The van der Waals surface area contributed by atoms with E-state index in [-0.39, 0.29) is 17.5 Å². The van der Waals surface area contributed by atoms with Gasteiger partial charge in [0.2, 0.25) is 0 Å². The minimum atomic E-state index is -0.204. The molecule has 3 aliphatic carbocycles. The molecule has 1 aromatic carbocycles. The molecule has 0 heterocycles. The lowest BCUT2D eigenvalue weighted by Gasteiger charge is -2.50. The molecule has 4 rings (SSSR count). The van der Waals surface area contributed by atoms with Gasteiger partial charge < -0.3 is 14.9 Å². The van der Waals surface area contributed by atoms with Crippen molar-refractivity contribution in [2.75, 3.05) is 7.11 Å². The summed E-state index contributed by atoms with van der Waals surface area (Å²) < 4.78 is 4.81. The Hall–Kier alpha value is -1.55. The van der Waals surface area contributed by atoms with Crippen LogP contribution in [0.15, 0.2) is 12.1 Å². The van der Waals surface area contributed by atoms with Gasteiger partial charge in [-0.25, -0.2) is 0 Å². The van der Waals surface area contributed by atoms with E-state index < -0.39 is 0 Å². The Morgan fingerprint density at radius 2 is 2.08 bits per heavy atom. The van der Waals surface area contributed by atoms with E-state index >= 15 is 0 Å². The molecule has 4 nitrogen and oxygen atoms in total. The number of aliphatic hydroxyl groups excluding tert-OH is 1. The Morgan fingerprint density at radius 3 is 2.85 bits per heavy atom. The first-order chi connectivity index (χ1) is 12.4. The average molecular weight is 358 g/mol. The van der Waals surface area contributed by atoms with Crippen molar-refractivity contribution in [3.8, 4) is 5.75 Å². The van der Waals surface area contributed by atoms with Gasteiger partial charge >= 0.3 is 5.97 Å². The predicted molar refractivity (Wildman–Crippen MR) is 99.1 cm³/mol. The number of aromatic hydroxyl groups is 1. The largest absolute Gasteiger partial charge is 0.508 e. The molecule has 142 valence electrons. The number of aryl methyl sites for hydroxylation is 2. The van der Waals surface area contributed by atoms with Gasteiger partial charge in [0.15, 0.2) is 0 Å². The van der Waals surface area contributed by atoms with E-state index in [4.69, 9.17) is 4.74 Å². The van der Waals surface area contributed by atoms with Gasteiger partial charge in [0.1, 0.15) is 5.75 Å². The van der Waals surface area contributed by atoms with Gasteiger partial charge in [-0.3, -0.25) is 4.79 Å². The summed E-state index contributed by atoms with van der Waals surface area (Å²) in [6.07, 6.45) is 7.16. The lowest BCUT2D eigenvalue weighted by atomic mass is 9.55. The van der Waals surface area contributed by atoms with Gasteiger partial charge in [-0.2, -0.15) is 0 Å². The van der Waals surface area contributed by atoms with Gasteiger partial charge in [-0.05, 0) is 96.9 Å². The molecule has 3 aliphatic rings. The summed E-state index contributed by atoms with van der Waals surface area (Å²) in [6, 6.07) is 3.77. The fourth-order valence-electron chi connectivity index (χ4n) is 6.33. The summed E-state index contributed by atoms with van der Waals surface area (Å²) in [4.78, 5) is 11.6. The number of esters is 1. The Bertz CT molecular complexity index is 712. The highest BCUT2D eigenvalue weighted by Gasteiger charge is 2.54. The molecule has 4 heteroatoms. The highest BCUT2D eigenvalue weighted by atomic mass is 16.5.